The highest BCUT2D eigenvalue weighted by Crippen LogP contribution is 2.36. The zero-order chi connectivity index (χ0) is 19.5. The number of para-hydroxylation sites is 2. The van der Waals surface area contributed by atoms with Crippen LogP contribution in [0.2, 0.25) is 0 Å². The fourth-order valence-corrected chi connectivity index (χ4v) is 4.88. The lowest BCUT2D eigenvalue weighted by Crippen LogP contribution is -2.21. The van der Waals surface area contributed by atoms with Crippen LogP contribution in [-0.4, -0.2) is 25.5 Å². The number of nitrogens with one attached hydrogen (secondary N) is 1. The number of hydrogen-bond donors (Lipinski definition) is 1. The summed E-state index contributed by atoms with van der Waals surface area (Å²) < 4.78 is 7.00. The number of nitrogens with zero attached hydrogens (tertiary/aromatic N) is 3. The molecule has 0 fully saturated rings. The van der Waals surface area contributed by atoms with Crippen molar-refractivity contribution in [2.45, 2.75) is 18.8 Å². The van der Waals surface area contributed by atoms with Crippen LogP contribution in [-0.2, 0) is 6.42 Å². The van der Waals surface area contributed by atoms with Gasteiger partial charge in [0.05, 0.1) is 5.39 Å². The van der Waals surface area contributed by atoms with Crippen molar-refractivity contribution in [1.82, 2.24) is 19.7 Å². The van der Waals surface area contributed by atoms with E-state index in [-0.39, 0.29) is 23.3 Å². The van der Waals surface area contributed by atoms with Crippen LogP contribution < -0.4 is 5.56 Å². The number of fused-ring (bicyclic) bond motifs is 4. The normalized spacial score (nSPS) is 16.6. The minimum absolute atomic E-state index is 0.0214. The molecule has 0 spiro atoms. The molecule has 142 valence electrons. The van der Waals surface area contributed by atoms with Crippen LogP contribution in [0, 0.1) is 0 Å². The molecule has 4 aromatic heterocycles. The van der Waals surface area contributed by atoms with Gasteiger partial charge < -0.3 is 4.42 Å². The van der Waals surface area contributed by atoms with Crippen molar-refractivity contribution in [3.8, 4) is 6.01 Å². The fraction of sp³-hybridized carbons (Fsp3) is 0.143. The number of H-pyrrole nitrogens is 1. The molecule has 1 aliphatic rings. The van der Waals surface area contributed by atoms with Crippen molar-refractivity contribution < 1.29 is 9.21 Å². The van der Waals surface area contributed by atoms with E-state index in [1.54, 1.807) is 23.6 Å². The van der Waals surface area contributed by atoms with E-state index in [2.05, 4.69) is 15.1 Å². The van der Waals surface area contributed by atoms with E-state index in [1.165, 1.54) is 4.68 Å². The third-order valence-electron chi connectivity index (χ3n) is 5.42. The average Bonchev–Trinajstić information content (AvgIpc) is 3.46. The van der Waals surface area contributed by atoms with Gasteiger partial charge in [-0.1, -0.05) is 18.2 Å². The van der Waals surface area contributed by atoms with Crippen LogP contribution in [0.3, 0.4) is 0 Å². The van der Waals surface area contributed by atoms with Crippen molar-refractivity contribution in [2.75, 3.05) is 0 Å². The Labute approximate surface area is 167 Å². The number of ketones is 1. The maximum atomic E-state index is 13.3. The number of oxazole rings is 1. The van der Waals surface area contributed by atoms with Gasteiger partial charge in [-0.3, -0.25) is 14.7 Å². The summed E-state index contributed by atoms with van der Waals surface area (Å²) in [6.45, 7) is 0. The first-order valence-corrected chi connectivity index (χ1v) is 10.1. The summed E-state index contributed by atoms with van der Waals surface area (Å²) in [5, 5.41) is 5.42. The Kier molecular flexibility index (Phi) is 3.39. The monoisotopic (exact) mass is 402 g/mol. The molecular formula is C21H14N4O3S. The van der Waals surface area contributed by atoms with E-state index >= 15 is 0 Å². The standard InChI is InChI=1S/C21H14N4O3S/c26-15-9-11(17-6-3-7-29-17)8-12-13(15)10-22-19-18(12)20(27)25(24-19)21-23-14-4-1-2-5-16(14)28-21/h1-7,10-11H,8-9H2,(H,22,24). The molecule has 1 N–H and O–H groups in total. The maximum absolute atomic E-state index is 13.3. The van der Waals surface area contributed by atoms with E-state index in [1.807, 2.05) is 35.7 Å². The molecule has 1 aromatic carbocycles. The van der Waals surface area contributed by atoms with Crippen LogP contribution >= 0.6 is 11.3 Å². The van der Waals surface area contributed by atoms with Gasteiger partial charge in [0, 0.05) is 29.0 Å². The first kappa shape index (κ1) is 16.4. The van der Waals surface area contributed by atoms with Crippen LogP contribution in [0.15, 0.2) is 57.2 Å². The largest absolute Gasteiger partial charge is 0.422 e. The van der Waals surface area contributed by atoms with Gasteiger partial charge in [0.25, 0.3) is 5.56 Å². The lowest BCUT2D eigenvalue weighted by Gasteiger charge is -2.22. The molecule has 0 radical (unpaired) electrons. The summed E-state index contributed by atoms with van der Waals surface area (Å²) in [6.07, 6.45) is 2.63. The number of Topliss-reactive ketones (excluding diaryl/α,β-unsaturated/α-hetero) is 1. The number of rotatable bonds is 2. The summed E-state index contributed by atoms with van der Waals surface area (Å²) in [5.74, 6) is 0.0979. The Balaban J connectivity index is 1.55. The van der Waals surface area contributed by atoms with Crippen LogP contribution in [0.25, 0.3) is 28.1 Å². The Morgan fingerprint density at radius 2 is 2.03 bits per heavy atom. The van der Waals surface area contributed by atoms with E-state index in [4.69, 9.17) is 4.42 Å². The second-order valence-electron chi connectivity index (χ2n) is 7.13. The molecule has 1 unspecified atom stereocenters. The molecule has 7 nitrogen and oxygen atoms in total. The lowest BCUT2D eigenvalue weighted by atomic mass is 9.82. The molecule has 0 saturated heterocycles. The van der Waals surface area contributed by atoms with Gasteiger partial charge in [-0.25, -0.2) is 4.98 Å². The van der Waals surface area contributed by atoms with Gasteiger partial charge in [0.1, 0.15) is 5.52 Å². The number of aromatic nitrogens is 4. The number of carbonyl (C=O) groups is 1. The van der Waals surface area contributed by atoms with Gasteiger partial charge in [-0.2, -0.15) is 9.67 Å². The lowest BCUT2D eigenvalue weighted by molar-refractivity contribution is 0.0965. The molecule has 1 atom stereocenters. The minimum atomic E-state index is -0.310. The maximum Gasteiger partial charge on any atom is 0.325 e. The number of hydrogen-bond acceptors (Lipinski definition) is 6. The smallest absolute Gasteiger partial charge is 0.325 e. The zero-order valence-electron chi connectivity index (χ0n) is 15.1. The number of pyridine rings is 1. The summed E-state index contributed by atoms with van der Waals surface area (Å²) in [5.41, 5.74) is 2.66. The van der Waals surface area contributed by atoms with E-state index < -0.39 is 0 Å². The highest BCUT2D eigenvalue weighted by molar-refractivity contribution is 7.10. The molecule has 0 aliphatic heterocycles. The molecular weight excluding hydrogens is 388 g/mol. The molecule has 8 heteroatoms. The van der Waals surface area contributed by atoms with Gasteiger partial charge in [0.15, 0.2) is 17.0 Å². The summed E-state index contributed by atoms with van der Waals surface area (Å²) in [6, 6.07) is 11.5. The first-order chi connectivity index (χ1) is 14.2. The highest BCUT2D eigenvalue weighted by atomic mass is 32.1. The number of carbonyl (C=O) groups excluding carboxylic acids is 1. The summed E-state index contributed by atoms with van der Waals surface area (Å²) >= 11 is 1.64. The second-order valence-corrected chi connectivity index (χ2v) is 8.11. The topological polar surface area (TPSA) is 93.8 Å². The third-order valence-corrected chi connectivity index (χ3v) is 6.46. The zero-order valence-corrected chi connectivity index (χ0v) is 15.9. The minimum Gasteiger partial charge on any atom is -0.422 e. The third kappa shape index (κ3) is 2.42. The van der Waals surface area contributed by atoms with Crippen LogP contribution in [0.4, 0.5) is 0 Å². The fourth-order valence-electron chi connectivity index (χ4n) is 4.05. The van der Waals surface area contributed by atoms with Crippen molar-refractivity contribution >= 4 is 39.3 Å². The quantitative estimate of drug-likeness (QED) is 0.484. The molecule has 5 aromatic rings. The van der Waals surface area contributed by atoms with Crippen LogP contribution in [0.5, 0.6) is 0 Å². The number of thiophene rings is 1. The SMILES string of the molecule is O=C1CC(c2cccs2)Cc2c1cnc1[nH]n(-c3nc4ccccc4o3)c(=O)c21. The molecule has 0 bridgehead atoms. The van der Waals surface area contributed by atoms with Crippen molar-refractivity contribution in [3.05, 3.63) is 74.3 Å². The summed E-state index contributed by atoms with van der Waals surface area (Å²) in [7, 11) is 0. The van der Waals surface area contributed by atoms with E-state index in [0.717, 1.165) is 10.4 Å². The van der Waals surface area contributed by atoms with Crippen LogP contribution in [0.1, 0.15) is 33.1 Å². The Morgan fingerprint density at radius 3 is 2.86 bits per heavy atom. The van der Waals surface area contributed by atoms with Crippen molar-refractivity contribution in [1.29, 1.82) is 0 Å². The average molecular weight is 402 g/mol. The molecule has 1 aliphatic carbocycles. The Hall–Kier alpha value is -3.52. The molecule has 29 heavy (non-hydrogen) atoms. The molecule has 6 rings (SSSR count). The highest BCUT2D eigenvalue weighted by Gasteiger charge is 2.31. The van der Waals surface area contributed by atoms with Crippen molar-refractivity contribution in [2.24, 2.45) is 0 Å². The van der Waals surface area contributed by atoms with E-state index in [0.29, 0.717) is 40.5 Å². The first-order valence-electron chi connectivity index (χ1n) is 9.24. The van der Waals surface area contributed by atoms with Crippen molar-refractivity contribution in [3.63, 3.8) is 0 Å². The van der Waals surface area contributed by atoms with Gasteiger partial charge in [-0.05, 0) is 35.6 Å². The second kappa shape index (κ2) is 5.99. The molecule has 0 amide bonds. The molecule has 0 saturated carbocycles. The van der Waals surface area contributed by atoms with Gasteiger partial charge in [0.2, 0.25) is 0 Å². The Morgan fingerprint density at radius 1 is 1.14 bits per heavy atom. The summed E-state index contributed by atoms with van der Waals surface area (Å²) in [4.78, 5) is 35.9. The number of benzene rings is 1. The van der Waals surface area contributed by atoms with Gasteiger partial charge >= 0.3 is 6.01 Å². The predicted octanol–water partition coefficient (Wildman–Crippen LogP) is 3.83. The predicted molar refractivity (Wildman–Crippen MR) is 109 cm³/mol. The Bertz CT molecular complexity index is 1430. The van der Waals surface area contributed by atoms with E-state index in [9.17, 15) is 9.59 Å². The van der Waals surface area contributed by atoms with Gasteiger partial charge in [-0.15, -0.1) is 11.3 Å². The molecule has 4 heterocycles. The number of aromatic amines is 1.